The summed E-state index contributed by atoms with van der Waals surface area (Å²) in [5.74, 6) is 0. The third-order valence-corrected chi connectivity index (χ3v) is 5.22. The average molecular weight is 390 g/mol. The predicted octanol–water partition coefficient (Wildman–Crippen LogP) is 5.04. The van der Waals surface area contributed by atoms with Crippen molar-refractivity contribution in [2.75, 3.05) is 27.2 Å². The van der Waals surface area contributed by atoms with Gasteiger partial charge in [0.15, 0.2) is 0 Å². The average Bonchev–Trinajstić information content (AvgIpc) is 2.96. The summed E-state index contributed by atoms with van der Waals surface area (Å²) >= 11 is 12.2. The van der Waals surface area contributed by atoms with Gasteiger partial charge in [-0.05, 0) is 62.9 Å². The maximum atomic E-state index is 6.17. The second-order valence-electron chi connectivity index (χ2n) is 6.88. The van der Waals surface area contributed by atoms with Gasteiger partial charge in [-0.2, -0.15) is 0 Å². The SMILES string of the molecule is CN(C)CCCNCc1cn(Cc2ccc(Cl)c(Cl)c2)c2ccccc12. The number of rotatable bonds is 8. The number of hydrogen-bond donors (Lipinski definition) is 1. The number of aromatic nitrogens is 1. The minimum Gasteiger partial charge on any atom is -0.343 e. The molecule has 2 aromatic carbocycles. The lowest BCUT2D eigenvalue weighted by molar-refractivity contribution is 0.394. The maximum absolute atomic E-state index is 6.17. The summed E-state index contributed by atoms with van der Waals surface area (Å²) in [6.07, 6.45) is 3.39. The summed E-state index contributed by atoms with van der Waals surface area (Å²) < 4.78 is 2.28. The van der Waals surface area contributed by atoms with Crippen LogP contribution in [0.1, 0.15) is 17.5 Å². The van der Waals surface area contributed by atoms with Gasteiger partial charge < -0.3 is 14.8 Å². The molecule has 0 aliphatic heterocycles. The van der Waals surface area contributed by atoms with E-state index < -0.39 is 0 Å². The first-order chi connectivity index (χ1) is 12.5. The van der Waals surface area contributed by atoms with Gasteiger partial charge in [0.1, 0.15) is 0 Å². The van der Waals surface area contributed by atoms with Crippen LogP contribution >= 0.6 is 23.2 Å². The molecule has 0 aliphatic rings. The predicted molar refractivity (Wildman–Crippen MR) is 112 cm³/mol. The summed E-state index contributed by atoms with van der Waals surface area (Å²) in [5.41, 5.74) is 3.71. The number of hydrogen-bond acceptors (Lipinski definition) is 2. The molecule has 0 bridgehead atoms. The van der Waals surface area contributed by atoms with Crippen molar-refractivity contribution < 1.29 is 0 Å². The van der Waals surface area contributed by atoms with Gasteiger partial charge >= 0.3 is 0 Å². The number of para-hydroxylation sites is 1. The zero-order chi connectivity index (χ0) is 18.5. The molecule has 1 aromatic heterocycles. The first-order valence-electron chi connectivity index (χ1n) is 8.90. The van der Waals surface area contributed by atoms with Gasteiger partial charge in [-0.1, -0.05) is 47.5 Å². The van der Waals surface area contributed by atoms with Crippen LogP contribution in [0, 0.1) is 0 Å². The van der Waals surface area contributed by atoms with Gasteiger partial charge in [-0.25, -0.2) is 0 Å². The van der Waals surface area contributed by atoms with E-state index in [0.717, 1.165) is 38.2 Å². The van der Waals surface area contributed by atoms with Crippen LogP contribution in [0.3, 0.4) is 0 Å². The molecule has 26 heavy (non-hydrogen) atoms. The normalized spacial score (nSPS) is 11.6. The van der Waals surface area contributed by atoms with Crippen LogP contribution in [0.15, 0.2) is 48.7 Å². The highest BCUT2D eigenvalue weighted by molar-refractivity contribution is 6.42. The highest BCUT2D eigenvalue weighted by Gasteiger charge is 2.09. The molecule has 0 unspecified atom stereocenters. The van der Waals surface area contributed by atoms with Crippen LogP contribution in [-0.4, -0.2) is 36.7 Å². The van der Waals surface area contributed by atoms with E-state index in [-0.39, 0.29) is 0 Å². The standard InChI is InChI=1S/C21H25Cl2N3/c1-25(2)11-5-10-24-13-17-15-26(21-7-4-3-6-18(17)21)14-16-8-9-19(22)20(23)12-16/h3-4,6-9,12,15,24H,5,10-11,13-14H2,1-2H3. The van der Waals surface area contributed by atoms with E-state index in [1.807, 2.05) is 18.2 Å². The van der Waals surface area contributed by atoms with Crippen LogP contribution in [0.4, 0.5) is 0 Å². The van der Waals surface area contributed by atoms with Gasteiger partial charge in [0, 0.05) is 30.2 Å². The summed E-state index contributed by atoms with van der Waals surface area (Å²) in [7, 11) is 4.22. The van der Waals surface area contributed by atoms with Crippen LogP contribution < -0.4 is 5.32 Å². The number of nitrogens with zero attached hydrogens (tertiary/aromatic N) is 2. The van der Waals surface area contributed by atoms with E-state index in [2.05, 4.69) is 59.3 Å². The van der Waals surface area contributed by atoms with Crippen molar-refractivity contribution in [2.24, 2.45) is 0 Å². The lowest BCUT2D eigenvalue weighted by Crippen LogP contribution is -2.20. The fourth-order valence-corrected chi connectivity index (χ4v) is 3.49. The molecule has 3 aromatic rings. The maximum Gasteiger partial charge on any atom is 0.0595 e. The van der Waals surface area contributed by atoms with Gasteiger partial charge in [0.05, 0.1) is 10.0 Å². The van der Waals surface area contributed by atoms with Gasteiger partial charge in [0.25, 0.3) is 0 Å². The molecule has 0 aliphatic carbocycles. The van der Waals surface area contributed by atoms with Gasteiger partial charge in [-0.3, -0.25) is 0 Å². The summed E-state index contributed by atoms with van der Waals surface area (Å²) in [6, 6.07) is 14.4. The minimum absolute atomic E-state index is 0.593. The fourth-order valence-electron chi connectivity index (χ4n) is 3.17. The van der Waals surface area contributed by atoms with Gasteiger partial charge in [0.2, 0.25) is 0 Å². The van der Waals surface area contributed by atoms with Crippen molar-refractivity contribution in [1.29, 1.82) is 0 Å². The Bertz CT molecular complexity index is 871. The van der Waals surface area contributed by atoms with Crippen molar-refractivity contribution in [3.05, 3.63) is 69.8 Å². The van der Waals surface area contributed by atoms with E-state index >= 15 is 0 Å². The number of nitrogens with one attached hydrogen (secondary N) is 1. The number of fused-ring (bicyclic) bond motifs is 1. The quantitative estimate of drug-likeness (QED) is 0.544. The third kappa shape index (κ3) is 4.80. The molecule has 3 nitrogen and oxygen atoms in total. The van der Waals surface area contributed by atoms with Crippen molar-refractivity contribution in [3.63, 3.8) is 0 Å². The lowest BCUT2D eigenvalue weighted by atomic mass is 10.2. The Hall–Kier alpha value is -1.52. The molecule has 0 saturated heterocycles. The molecule has 1 N–H and O–H groups in total. The summed E-state index contributed by atoms with van der Waals surface area (Å²) in [4.78, 5) is 2.21. The Labute approximate surface area is 165 Å². The molecular weight excluding hydrogens is 365 g/mol. The van der Waals surface area contributed by atoms with Crippen LogP contribution in [0.2, 0.25) is 10.0 Å². The van der Waals surface area contributed by atoms with Gasteiger partial charge in [-0.15, -0.1) is 0 Å². The second-order valence-corrected chi connectivity index (χ2v) is 7.70. The largest absolute Gasteiger partial charge is 0.343 e. The first kappa shape index (κ1) is 19.2. The van der Waals surface area contributed by atoms with Crippen molar-refractivity contribution in [3.8, 4) is 0 Å². The van der Waals surface area contributed by atoms with Crippen LogP contribution in [0.5, 0.6) is 0 Å². The molecule has 0 atom stereocenters. The molecule has 0 spiro atoms. The van der Waals surface area contributed by atoms with Crippen molar-refractivity contribution in [1.82, 2.24) is 14.8 Å². The first-order valence-corrected chi connectivity index (χ1v) is 9.66. The van der Waals surface area contributed by atoms with E-state index in [9.17, 15) is 0 Å². The molecule has 138 valence electrons. The summed E-state index contributed by atoms with van der Waals surface area (Å²) in [5, 5.41) is 6.06. The lowest BCUT2D eigenvalue weighted by Gasteiger charge is -2.09. The van der Waals surface area contributed by atoms with E-state index in [4.69, 9.17) is 23.2 Å². The topological polar surface area (TPSA) is 20.2 Å². The Morgan fingerprint density at radius 2 is 1.85 bits per heavy atom. The molecule has 0 radical (unpaired) electrons. The zero-order valence-corrected chi connectivity index (χ0v) is 16.8. The summed E-state index contributed by atoms with van der Waals surface area (Å²) in [6.45, 7) is 3.77. The van der Waals surface area contributed by atoms with E-state index in [0.29, 0.717) is 10.0 Å². The molecule has 0 fully saturated rings. The monoisotopic (exact) mass is 389 g/mol. The van der Waals surface area contributed by atoms with Crippen molar-refractivity contribution >= 4 is 34.1 Å². The zero-order valence-electron chi connectivity index (χ0n) is 15.3. The van der Waals surface area contributed by atoms with E-state index in [1.54, 1.807) is 0 Å². The smallest absolute Gasteiger partial charge is 0.0595 e. The Morgan fingerprint density at radius 1 is 1.04 bits per heavy atom. The Kier molecular flexibility index (Phi) is 6.60. The highest BCUT2D eigenvalue weighted by Crippen LogP contribution is 2.26. The highest BCUT2D eigenvalue weighted by atomic mass is 35.5. The Balaban J connectivity index is 1.75. The molecule has 0 amide bonds. The number of benzene rings is 2. The third-order valence-electron chi connectivity index (χ3n) is 4.48. The minimum atomic E-state index is 0.593. The second kappa shape index (κ2) is 8.92. The number of halogens is 2. The van der Waals surface area contributed by atoms with Crippen LogP contribution in [-0.2, 0) is 13.1 Å². The van der Waals surface area contributed by atoms with Crippen molar-refractivity contribution in [2.45, 2.75) is 19.5 Å². The fraction of sp³-hybridized carbons (Fsp3) is 0.333. The molecule has 3 rings (SSSR count). The Morgan fingerprint density at radius 3 is 2.62 bits per heavy atom. The molecule has 5 heteroatoms. The van der Waals surface area contributed by atoms with Crippen LogP contribution in [0.25, 0.3) is 10.9 Å². The molecule has 0 saturated carbocycles. The van der Waals surface area contributed by atoms with E-state index in [1.165, 1.54) is 16.5 Å². The molecular formula is C21H25Cl2N3. The molecule has 1 heterocycles.